The summed E-state index contributed by atoms with van der Waals surface area (Å²) in [6, 6.07) is 9.89. The molecule has 1 fully saturated rings. The van der Waals surface area contributed by atoms with Gasteiger partial charge < -0.3 is 20.3 Å². The van der Waals surface area contributed by atoms with E-state index in [1.165, 1.54) is 22.5 Å². The molecule has 2 aliphatic rings. The zero-order valence-corrected chi connectivity index (χ0v) is 18.7. The summed E-state index contributed by atoms with van der Waals surface area (Å²) in [5.74, 6) is -0.568. The normalized spacial score (nSPS) is 24.2. The average molecular weight is 448 g/mol. The van der Waals surface area contributed by atoms with Crippen molar-refractivity contribution in [1.29, 1.82) is 0 Å². The van der Waals surface area contributed by atoms with Gasteiger partial charge in [-0.1, -0.05) is 17.7 Å². The zero-order valence-electron chi connectivity index (χ0n) is 17.2. The Morgan fingerprint density at radius 2 is 2.10 bits per heavy atom. The zero-order chi connectivity index (χ0) is 21.3. The summed E-state index contributed by atoms with van der Waals surface area (Å²) in [7, 11) is 2.15. The highest BCUT2D eigenvalue weighted by Gasteiger charge is 2.44. The first-order valence-corrected chi connectivity index (χ1v) is 11.3. The number of amides is 2. The third-order valence-corrected chi connectivity index (χ3v) is 7.30. The van der Waals surface area contributed by atoms with Crippen LogP contribution in [0.5, 0.6) is 0 Å². The summed E-state index contributed by atoms with van der Waals surface area (Å²) in [5.41, 5.74) is 2.24. The fraction of sp³-hybridized carbons (Fsp3) is 0.455. The highest BCUT2D eigenvalue weighted by molar-refractivity contribution is 7.18. The number of nitrogens with zero attached hydrogens (tertiary/aromatic N) is 1. The van der Waals surface area contributed by atoms with Crippen LogP contribution in [0.25, 0.3) is 0 Å². The number of likely N-dealkylation sites (N-methyl/N-ethyl adjacent to an activating group) is 1. The highest BCUT2D eigenvalue weighted by Crippen LogP contribution is 2.27. The maximum Gasteiger partial charge on any atom is 0.262 e. The number of benzene rings is 1. The lowest BCUT2D eigenvalue weighted by Gasteiger charge is -2.27. The van der Waals surface area contributed by atoms with Crippen LogP contribution in [0.15, 0.2) is 30.3 Å². The highest BCUT2D eigenvalue weighted by atomic mass is 35.5. The van der Waals surface area contributed by atoms with E-state index in [2.05, 4.69) is 41.6 Å². The number of carbonyl (C=O) groups excluding carboxylic acids is 2. The van der Waals surface area contributed by atoms with Crippen molar-refractivity contribution in [2.24, 2.45) is 0 Å². The van der Waals surface area contributed by atoms with Crippen molar-refractivity contribution < 1.29 is 14.3 Å². The molecule has 8 heteroatoms. The van der Waals surface area contributed by atoms with Crippen molar-refractivity contribution in [2.45, 2.75) is 37.8 Å². The van der Waals surface area contributed by atoms with Gasteiger partial charge in [-0.3, -0.25) is 9.59 Å². The van der Waals surface area contributed by atoms with E-state index < -0.39 is 5.54 Å². The fourth-order valence-corrected chi connectivity index (χ4v) is 4.93. The van der Waals surface area contributed by atoms with Gasteiger partial charge in [-0.25, -0.2) is 0 Å². The number of hydrogen-bond acceptors (Lipinski definition) is 5. The molecule has 0 radical (unpaired) electrons. The molecule has 4 rings (SSSR count). The van der Waals surface area contributed by atoms with Gasteiger partial charge in [0.05, 0.1) is 15.8 Å². The third-order valence-electron chi connectivity index (χ3n) is 6.07. The van der Waals surface area contributed by atoms with Crippen molar-refractivity contribution >= 4 is 40.4 Å². The van der Waals surface area contributed by atoms with Crippen LogP contribution in [0.3, 0.4) is 0 Å². The van der Waals surface area contributed by atoms with Gasteiger partial charge in [0.2, 0.25) is 0 Å². The Labute approximate surface area is 185 Å². The number of rotatable bonds is 4. The second-order valence-corrected chi connectivity index (χ2v) is 9.88. The Kier molecular flexibility index (Phi) is 6.16. The summed E-state index contributed by atoms with van der Waals surface area (Å²) < 4.78 is 6.02. The number of hydrogen-bond donors (Lipinski definition) is 2. The molecule has 2 aliphatic heterocycles. The van der Waals surface area contributed by atoms with Gasteiger partial charge >= 0.3 is 0 Å². The predicted molar refractivity (Wildman–Crippen MR) is 120 cm³/mol. The van der Waals surface area contributed by atoms with Crippen LogP contribution >= 0.6 is 22.9 Å². The molecular weight excluding hydrogens is 422 g/mol. The smallest absolute Gasteiger partial charge is 0.262 e. The summed E-state index contributed by atoms with van der Waals surface area (Å²) in [6.45, 7) is 3.82. The van der Waals surface area contributed by atoms with E-state index in [9.17, 15) is 9.59 Å². The van der Waals surface area contributed by atoms with Crippen LogP contribution in [0, 0.1) is 0 Å². The van der Waals surface area contributed by atoms with Gasteiger partial charge in [0, 0.05) is 31.3 Å². The number of ether oxygens (including phenoxy) is 1. The molecule has 0 bridgehead atoms. The van der Waals surface area contributed by atoms with Crippen LogP contribution in [0.2, 0.25) is 4.34 Å². The first kappa shape index (κ1) is 21.3. The van der Waals surface area contributed by atoms with E-state index in [0.29, 0.717) is 28.3 Å². The van der Waals surface area contributed by atoms with E-state index in [0.717, 1.165) is 25.1 Å². The van der Waals surface area contributed by atoms with E-state index in [1.807, 2.05) is 6.07 Å². The predicted octanol–water partition coefficient (Wildman–Crippen LogP) is 3.35. The maximum atomic E-state index is 13.2. The third kappa shape index (κ3) is 4.39. The van der Waals surface area contributed by atoms with Crippen molar-refractivity contribution in [3.05, 3.63) is 50.7 Å². The molecule has 160 valence electrons. The largest absolute Gasteiger partial charge is 0.378 e. The van der Waals surface area contributed by atoms with Crippen molar-refractivity contribution in [1.82, 2.24) is 10.2 Å². The molecule has 1 saturated heterocycles. The quantitative estimate of drug-likeness (QED) is 0.754. The first-order valence-electron chi connectivity index (χ1n) is 10.2. The Morgan fingerprint density at radius 3 is 2.80 bits per heavy atom. The van der Waals surface area contributed by atoms with Crippen molar-refractivity contribution in [3.8, 4) is 0 Å². The Morgan fingerprint density at radius 1 is 1.27 bits per heavy atom. The Hall–Kier alpha value is -1.93. The van der Waals surface area contributed by atoms with Crippen LogP contribution in [0.4, 0.5) is 5.69 Å². The summed E-state index contributed by atoms with van der Waals surface area (Å²) in [5, 5.41) is 5.91. The molecule has 2 N–H and O–H groups in total. The molecule has 1 aromatic carbocycles. The minimum atomic E-state index is -1.09. The summed E-state index contributed by atoms with van der Waals surface area (Å²) in [4.78, 5) is 28.7. The number of nitrogens with one attached hydrogen (secondary N) is 2. The molecule has 2 amide bonds. The number of fused-ring (bicyclic) bond motifs is 1. The van der Waals surface area contributed by atoms with Gasteiger partial charge in [0.1, 0.15) is 5.54 Å². The minimum absolute atomic E-state index is 0.149. The Bertz CT molecular complexity index is 955. The van der Waals surface area contributed by atoms with E-state index in [4.69, 9.17) is 16.3 Å². The van der Waals surface area contributed by atoms with Crippen molar-refractivity contribution in [3.63, 3.8) is 0 Å². The second-order valence-electron chi connectivity index (χ2n) is 8.16. The molecule has 3 heterocycles. The molecular formula is C22H26ClN3O3S. The first-order chi connectivity index (χ1) is 14.4. The maximum absolute atomic E-state index is 13.2. The lowest BCUT2D eigenvalue weighted by molar-refractivity contribution is -0.122. The molecule has 1 unspecified atom stereocenters. The number of anilines is 1. The lowest BCUT2D eigenvalue weighted by Crippen LogP contribution is -2.57. The van der Waals surface area contributed by atoms with Crippen LogP contribution in [-0.2, 0) is 22.4 Å². The summed E-state index contributed by atoms with van der Waals surface area (Å²) >= 11 is 7.13. The van der Waals surface area contributed by atoms with Gasteiger partial charge in [0.25, 0.3) is 11.8 Å². The average Bonchev–Trinajstić information content (AvgIpc) is 3.34. The summed E-state index contributed by atoms with van der Waals surface area (Å²) in [6.07, 6.45) is 2.37. The van der Waals surface area contributed by atoms with Gasteiger partial charge in [-0.15, -0.1) is 11.3 Å². The Balaban J connectivity index is 1.51. The van der Waals surface area contributed by atoms with Crippen LogP contribution in [-0.4, -0.2) is 55.1 Å². The van der Waals surface area contributed by atoms with Crippen molar-refractivity contribution in [2.75, 3.05) is 32.1 Å². The number of carbonyl (C=O) groups is 2. The minimum Gasteiger partial charge on any atom is -0.378 e. The molecule has 1 aromatic heterocycles. The van der Waals surface area contributed by atoms with Crippen LogP contribution in [0.1, 0.15) is 34.1 Å². The van der Waals surface area contributed by atoms with E-state index in [1.54, 1.807) is 12.1 Å². The van der Waals surface area contributed by atoms with Gasteiger partial charge in [-0.05, 0) is 62.2 Å². The SMILES string of the molecule is C[C@H]1Cc2cc(NC(=O)C3(NC(=O)c4ccc(Cl)s4)CCOC3)ccc2CCN1C. The standard InChI is InChI=1S/C22H26ClN3O3S/c1-14-11-16-12-17(4-3-15(16)7-9-26(14)2)24-21(28)22(8-10-29-13-22)25-20(27)18-5-6-19(23)30-18/h3-6,12,14H,7-11,13H2,1-2H3,(H,24,28)(H,25,27)/t14-,22?/m0/s1. The molecule has 2 atom stereocenters. The van der Waals surface area contributed by atoms with E-state index >= 15 is 0 Å². The molecule has 0 spiro atoms. The molecule has 2 aromatic rings. The van der Waals surface area contributed by atoms with Gasteiger partial charge in [0.15, 0.2) is 0 Å². The monoisotopic (exact) mass is 447 g/mol. The van der Waals surface area contributed by atoms with Crippen LogP contribution < -0.4 is 10.6 Å². The second kappa shape index (κ2) is 8.67. The molecule has 0 saturated carbocycles. The molecule has 6 nitrogen and oxygen atoms in total. The fourth-order valence-electron chi connectivity index (χ4n) is 3.99. The lowest BCUT2D eigenvalue weighted by atomic mass is 9.96. The molecule has 30 heavy (non-hydrogen) atoms. The number of halogens is 1. The van der Waals surface area contributed by atoms with Gasteiger partial charge in [-0.2, -0.15) is 0 Å². The topological polar surface area (TPSA) is 70.7 Å². The van der Waals surface area contributed by atoms with E-state index in [-0.39, 0.29) is 18.4 Å². The molecule has 0 aliphatic carbocycles. The number of thiophene rings is 1.